The molecule has 1 N–H and O–H groups in total. The van der Waals surface area contributed by atoms with Crippen LogP contribution in [0.3, 0.4) is 0 Å². The van der Waals surface area contributed by atoms with Crippen LogP contribution in [0.1, 0.15) is 71.6 Å². The first-order valence-corrected chi connectivity index (χ1v) is 7.95. The second kappa shape index (κ2) is 6.18. The third-order valence-electron chi connectivity index (χ3n) is 5.34. The molecule has 0 radical (unpaired) electrons. The van der Waals surface area contributed by atoms with E-state index in [-0.39, 0.29) is 6.04 Å². The largest absolute Gasteiger partial charge is 0.308 e. The second-order valence-corrected chi connectivity index (χ2v) is 6.46. The van der Waals surface area contributed by atoms with Gasteiger partial charge in [-0.3, -0.25) is 4.79 Å². The number of carbonyl (C=O) groups excluding carboxylic acids is 1. The van der Waals surface area contributed by atoms with E-state index in [1.807, 2.05) is 6.92 Å². The van der Waals surface area contributed by atoms with Gasteiger partial charge in [-0.2, -0.15) is 0 Å². The van der Waals surface area contributed by atoms with Crippen molar-refractivity contribution in [1.82, 2.24) is 5.32 Å². The van der Waals surface area contributed by atoms with Crippen LogP contribution in [0.5, 0.6) is 0 Å². The van der Waals surface area contributed by atoms with Crippen molar-refractivity contribution in [3.63, 3.8) is 0 Å². The number of Topliss-reactive ketones (excluding diaryl/α,β-unsaturated/α-hetero) is 1. The van der Waals surface area contributed by atoms with E-state index in [0.717, 1.165) is 24.3 Å². The van der Waals surface area contributed by atoms with Crippen LogP contribution in [0, 0.1) is 11.3 Å². The van der Waals surface area contributed by atoms with E-state index < -0.39 is 0 Å². The van der Waals surface area contributed by atoms with Crippen molar-refractivity contribution in [2.75, 3.05) is 6.54 Å². The minimum absolute atomic E-state index is 0.125. The van der Waals surface area contributed by atoms with Crippen molar-refractivity contribution >= 4 is 5.78 Å². The zero-order valence-electron chi connectivity index (χ0n) is 12.1. The summed E-state index contributed by atoms with van der Waals surface area (Å²) in [6, 6.07) is 0.125. The lowest BCUT2D eigenvalue weighted by Crippen LogP contribution is -2.40. The molecule has 0 aromatic rings. The van der Waals surface area contributed by atoms with Gasteiger partial charge in [-0.1, -0.05) is 20.3 Å². The van der Waals surface area contributed by atoms with Gasteiger partial charge in [0.2, 0.25) is 0 Å². The van der Waals surface area contributed by atoms with Gasteiger partial charge in [-0.15, -0.1) is 0 Å². The Morgan fingerprint density at radius 2 is 1.89 bits per heavy atom. The predicted molar refractivity (Wildman–Crippen MR) is 75.6 cm³/mol. The fourth-order valence-corrected chi connectivity index (χ4v) is 3.86. The van der Waals surface area contributed by atoms with Gasteiger partial charge in [0.1, 0.15) is 5.78 Å². The Kier molecular flexibility index (Phi) is 4.83. The first-order chi connectivity index (χ1) is 8.69. The summed E-state index contributed by atoms with van der Waals surface area (Å²) in [4.78, 5) is 11.9. The molecule has 0 aromatic carbocycles. The van der Waals surface area contributed by atoms with Crippen molar-refractivity contribution in [2.45, 2.75) is 77.7 Å². The normalized spacial score (nSPS) is 24.8. The molecule has 1 spiro atoms. The summed E-state index contributed by atoms with van der Waals surface area (Å²) in [6.45, 7) is 4.99. The molecule has 104 valence electrons. The Hall–Kier alpha value is -0.370. The van der Waals surface area contributed by atoms with E-state index in [2.05, 4.69) is 12.2 Å². The molecular weight excluding hydrogens is 222 g/mol. The van der Waals surface area contributed by atoms with Crippen molar-refractivity contribution < 1.29 is 4.79 Å². The van der Waals surface area contributed by atoms with Gasteiger partial charge < -0.3 is 5.32 Å². The second-order valence-electron chi connectivity index (χ2n) is 6.46. The van der Waals surface area contributed by atoms with E-state index in [9.17, 15) is 4.79 Å². The van der Waals surface area contributed by atoms with Crippen molar-refractivity contribution in [3.05, 3.63) is 0 Å². The predicted octanol–water partition coefficient (Wildman–Crippen LogP) is 3.69. The highest BCUT2D eigenvalue weighted by molar-refractivity contribution is 5.83. The van der Waals surface area contributed by atoms with Gasteiger partial charge >= 0.3 is 0 Å². The van der Waals surface area contributed by atoms with E-state index in [4.69, 9.17) is 0 Å². The maximum absolute atomic E-state index is 11.9. The van der Waals surface area contributed by atoms with Gasteiger partial charge in [0.05, 0.1) is 6.04 Å². The van der Waals surface area contributed by atoms with Crippen LogP contribution in [-0.4, -0.2) is 18.4 Å². The molecule has 0 saturated heterocycles. The molecule has 1 atom stereocenters. The molecule has 2 heteroatoms. The number of nitrogens with one attached hydrogen (secondary N) is 1. The molecule has 2 rings (SSSR count). The van der Waals surface area contributed by atoms with Crippen LogP contribution in [0.15, 0.2) is 0 Å². The van der Waals surface area contributed by atoms with Gasteiger partial charge in [0.25, 0.3) is 0 Å². The van der Waals surface area contributed by atoms with Gasteiger partial charge in [-0.05, 0) is 62.8 Å². The lowest BCUT2D eigenvalue weighted by Gasteiger charge is -2.47. The molecule has 0 aliphatic heterocycles. The molecule has 18 heavy (non-hydrogen) atoms. The van der Waals surface area contributed by atoms with Crippen LogP contribution >= 0.6 is 0 Å². The molecule has 0 aromatic heterocycles. The average Bonchev–Trinajstić information content (AvgIpc) is 2.36. The van der Waals surface area contributed by atoms with E-state index in [1.165, 1.54) is 44.9 Å². The minimum Gasteiger partial charge on any atom is -0.308 e. The van der Waals surface area contributed by atoms with Gasteiger partial charge in [0, 0.05) is 6.42 Å². The monoisotopic (exact) mass is 251 g/mol. The fraction of sp³-hybridized carbons (Fsp3) is 0.938. The number of ketones is 1. The third kappa shape index (κ3) is 3.14. The molecular formula is C16H29NO. The van der Waals surface area contributed by atoms with Crippen LogP contribution in [0.2, 0.25) is 0 Å². The summed E-state index contributed by atoms with van der Waals surface area (Å²) in [6.07, 6.45) is 11.7. The average molecular weight is 251 g/mol. The molecule has 0 heterocycles. The SMILES string of the molecule is CCNC(CC1CCC2(CCC2)CC1)C(=O)CC. The molecule has 2 saturated carbocycles. The number of likely N-dealkylation sites (N-methyl/N-ethyl adjacent to an activating group) is 1. The first kappa shape index (κ1) is 14.0. The smallest absolute Gasteiger partial charge is 0.149 e. The lowest BCUT2D eigenvalue weighted by molar-refractivity contribution is -0.121. The topological polar surface area (TPSA) is 29.1 Å². The third-order valence-corrected chi connectivity index (χ3v) is 5.34. The van der Waals surface area contributed by atoms with E-state index >= 15 is 0 Å². The molecule has 1 unspecified atom stereocenters. The molecule has 2 nitrogen and oxygen atoms in total. The Balaban J connectivity index is 1.79. The highest BCUT2D eigenvalue weighted by Gasteiger charge is 2.40. The number of hydrogen-bond donors (Lipinski definition) is 1. The summed E-state index contributed by atoms with van der Waals surface area (Å²) in [5, 5.41) is 3.38. The number of rotatable bonds is 6. The van der Waals surface area contributed by atoms with Crippen molar-refractivity contribution in [3.8, 4) is 0 Å². The fourth-order valence-electron chi connectivity index (χ4n) is 3.86. The molecule has 2 aliphatic carbocycles. The van der Waals surface area contributed by atoms with E-state index in [0.29, 0.717) is 12.2 Å². The Labute approximate surface area is 112 Å². The first-order valence-electron chi connectivity index (χ1n) is 7.95. The van der Waals surface area contributed by atoms with Crippen molar-refractivity contribution in [1.29, 1.82) is 0 Å². The Morgan fingerprint density at radius 1 is 1.22 bits per heavy atom. The summed E-state index contributed by atoms with van der Waals surface area (Å²) < 4.78 is 0. The summed E-state index contributed by atoms with van der Waals surface area (Å²) in [5.74, 6) is 1.19. The Bertz CT molecular complexity index is 273. The van der Waals surface area contributed by atoms with Crippen LogP contribution < -0.4 is 5.32 Å². The zero-order valence-corrected chi connectivity index (χ0v) is 12.1. The lowest BCUT2D eigenvalue weighted by atomic mass is 9.58. The highest BCUT2D eigenvalue weighted by atomic mass is 16.1. The summed E-state index contributed by atoms with van der Waals surface area (Å²) in [7, 11) is 0. The molecule has 0 amide bonds. The summed E-state index contributed by atoms with van der Waals surface area (Å²) in [5.41, 5.74) is 0.749. The van der Waals surface area contributed by atoms with Gasteiger partial charge in [0.15, 0.2) is 0 Å². The number of hydrogen-bond acceptors (Lipinski definition) is 2. The molecule has 2 aliphatic rings. The molecule has 0 bridgehead atoms. The van der Waals surface area contributed by atoms with Crippen LogP contribution in [0.4, 0.5) is 0 Å². The quantitative estimate of drug-likeness (QED) is 0.780. The summed E-state index contributed by atoms with van der Waals surface area (Å²) >= 11 is 0. The maximum atomic E-state index is 11.9. The minimum atomic E-state index is 0.125. The highest BCUT2D eigenvalue weighted by Crippen LogP contribution is 2.53. The standard InChI is InChI=1S/C16H29NO/c1-3-15(18)14(17-4-2)12-13-6-10-16(11-7-13)8-5-9-16/h13-14,17H,3-12H2,1-2H3. The molecule has 2 fully saturated rings. The van der Waals surface area contributed by atoms with Gasteiger partial charge in [-0.25, -0.2) is 0 Å². The zero-order chi connectivity index (χ0) is 13.0. The van der Waals surface area contributed by atoms with Crippen LogP contribution in [0.25, 0.3) is 0 Å². The number of carbonyl (C=O) groups is 1. The van der Waals surface area contributed by atoms with Crippen LogP contribution in [-0.2, 0) is 4.79 Å². The maximum Gasteiger partial charge on any atom is 0.149 e. The Morgan fingerprint density at radius 3 is 2.33 bits per heavy atom. The van der Waals surface area contributed by atoms with Crippen molar-refractivity contribution in [2.24, 2.45) is 11.3 Å². The van der Waals surface area contributed by atoms with E-state index in [1.54, 1.807) is 0 Å².